The van der Waals surface area contributed by atoms with Crippen molar-refractivity contribution >= 4 is 39.0 Å². The topological polar surface area (TPSA) is 71.3 Å². The Morgan fingerprint density at radius 3 is 2.40 bits per heavy atom. The summed E-state index contributed by atoms with van der Waals surface area (Å²) in [7, 11) is 6.44. The number of thiazole rings is 1. The van der Waals surface area contributed by atoms with Gasteiger partial charge in [0.05, 0.1) is 49.2 Å². The number of ether oxygens (including phenoxy) is 4. The van der Waals surface area contributed by atoms with Crippen molar-refractivity contribution in [1.29, 1.82) is 0 Å². The highest BCUT2D eigenvalue weighted by Crippen LogP contribution is 2.43. The Labute approximate surface area is 243 Å². The van der Waals surface area contributed by atoms with Crippen molar-refractivity contribution in [1.82, 2.24) is 4.57 Å². The molecule has 0 saturated carbocycles. The van der Waals surface area contributed by atoms with Gasteiger partial charge in [-0.1, -0.05) is 41.7 Å². The maximum atomic E-state index is 14.1. The predicted octanol–water partition coefficient (Wildman–Crippen LogP) is 5.12. The molecule has 3 aromatic carbocycles. The number of fused-ring (bicyclic) bond motifs is 3. The number of aryl methyl sites for hydroxylation is 1. The normalized spacial score (nSPS) is 16.0. The average molecular weight is 620 g/mol. The van der Waals surface area contributed by atoms with Gasteiger partial charge in [0, 0.05) is 17.2 Å². The van der Waals surface area contributed by atoms with E-state index in [1.54, 1.807) is 34.5 Å². The van der Waals surface area contributed by atoms with Crippen molar-refractivity contribution in [3.05, 3.63) is 107 Å². The third kappa shape index (κ3) is 4.33. The van der Waals surface area contributed by atoms with Crippen LogP contribution in [0.2, 0.25) is 0 Å². The Kier molecular flexibility index (Phi) is 7.02. The van der Waals surface area contributed by atoms with Gasteiger partial charge in [0.15, 0.2) is 16.3 Å². The van der Waals surface area contributed by atoms with E-state index in [0.717, 1.165) is 45.3 Å². The van der Waals surface area contributed by atoms with Gasteiger partial charge in [0.1, 0.15) is 11.5 Å². The monoisotopic (exact) mass is 618 g/mol. The summed E-state index contributed by atoms with van der Waals surface area (Å²) < 4.78 is 25.3. The van der Waals surface area contributed by atoms with Gasteiger partial charge < -0.3 is 18.9 Å². The highest BCUT2D eigenvalue weighted by atomic mass is 79.9. The molecule has 1 aromatic heterocycles. The van der Waals surface area contributed by atoms with Crippen LogP contribution in [-0.4, -0.2) is 33.0 Å². The fraction of sp³-hybridized carbons (Fsp3) is 0.226. The lowest BCUT2D eigenvalue weighted by molar-refractivity contribution is 0.354. The van der Waals surface area contributed by atoms with Crippen LogP contribution in [0.5, 0.6) is 23.0 Å². The first kappa shape index (κ1) is 26.4. The Hall–Kier alpha value is -3.82. The summed E-state index contributed by atoms with van der Waals surface area (Å²) in [5, 5.41) is 0. The van der Waals surface area contributed by atoms with Crippen LogP contribution in [0.1, 0.15) is 34.7 Å². The van der Waals surface area contributed by atoms with Crippen molar-refractivity contribution in [2.75, 3.05) is 28.4 Å². The third-order valence-electron chi connectivity index (χ3n) is 7.39. The van der Waals surface area contributed by atoms with Crippen LogP contribution < -0.4 is 33.8 Å². The smallest absolute Gasteiger partial charge is 0.271 e. The molecule has 7 nitrogen and oxygen atoms in total. The number of allylic oxidation sites excluding steroid dienone is 1. The number of rotatable bonds is 6. The van der Waals surface area contributed by atoms with Crippen molar-refractivity contribution in [2.45, 2.75) is 18.9 Å². The number of halogens is 1. The van der Waals surface area contributed by atoms with Crippen LogP contribution in [0.25, 0.3) is 11.8 Å². The molecule has 2 heterocycles. The van der Waals surface area contributed by atoms with Crippen LogP contribution in [0.15, 0.2) is 74.4 Å². The fourth-order valence-corrected chi connectivity index (χ4v) is 7.00. The molecule has 0 radical (unpaired) electrons. The fourth-order valence-electron chi connectivity index (χ4n) is 5.48. The molecule has 0 N–H and O–H groups in total. The minimum Gasteiger partial charge on any atom is -0.496 e. The van der Waals surface area contributed by atoms with Crippen molar-refractivity contribution in [2.24, 2.45) is 4.99 Å². The number of aromatic nitrogens is 1. The summed E-state index contributed by atoms with van der Waals surface area (Å²) in [6.07, 6.45) is 3.54. The van der Waals surface area contributed by atoms with E-state index >= 15 is 0 Å². The van der Waals surface area contributed by atoms with E-state index in [4.69, 9.17) is 23.9 Å². The maximum absolute atomic E-state index is 14.1. The van der Waals surface area contributed by atoms with Gasteiger partial charge in [0.25, 0.3) is 5.56 Å². The summed E-state index contributed by atoms with van der Waals surface area (Å²) in [5.41, 5.74) is 6.04. The SMILES string of the molecule is COc1cc(OC)c(/C=c2/sc3n(c2=O)[C@H](c2ccc(OC)c(OC)c2)C2=C(N=3)c3ccccc3CC2)cc1Br. The van der Waals surface area contributed by atoms with Gasteiger partial charge in [-0.05, 0) is 69.7 Å². The lowest BCUT2D eigenvalue weighted by Crippen LogP contribution is -2.38. The minimum absolute atomic E-state index is 0.108. The van der Waals surface area contributed by atoms with E-state index in [-0.39, 0.29) is 11.6 Å². The van der Waals surface area contributed by atoms with Crippen LogP contribution in [0.3, 0.4) is 0 Å². The molecule has 40 heavy (non-hydrogen) atoms. The molecule has 4 aromatic rings. The zero-order chi connectivity index (χ0) is 28.0. The Morgan fingerprint density at radius 1 is 0.900 bits per heavy atom. The largest absolute Gasteiger partial charge is 0.496 e. The molecule has 0 fully saturated rings. The van der Waals surface area contributed by atoms with E-state index in [2.05, 4.69) is 34.1 Å². The van der Waals surface area contributed by atoms with Crippen LogP contribution >= 0.6 is 27.3 Å². The molecule has 0 amide bonds. The van der Waals surface area contributed by atoms with Gasteiger partial charge in [-0.25, -0.2) is 4.99 Å². The highest BCUT2D eigenvalue weighted by molar-refractivity contribution is 9.10. The van der Waals surface area contributed by atoms with Crippen LogP contribution in [0.4, 0.5) is 0 Å². The molecule has 2 aliphatic rings. The van der Waals surface area contributed by atoms with Crippen molar-refractivity contribution < 1.29 is 18.9 Å². The van der Waals surface area contributed by atoms with E-state index in [1.165, 1.54) is 16.9 Å². The Bertz CT molecular complexity index is 1860. The maximum Gasteiger partial charge on any atom is 0.271 e. The first-order valence-electron chi connectivity index (χ1n) is 12.7. The lowest BCUT2D eigenvalue weighted by Gasteiger charge is -2.31. The van der Waals surface area contributed by atoms with Gasteiger partial charge in [-0.3, -0.25) is 9.36 Å². The molecule has 204 valence electrons. The summed E-state index contributed by atoms with van der Waals surface area (Å²) in [5.74, 6) is 2.51. The molecular weight excluding hydrogens is 592 g/mol. The predicted molar refractivity (Wildman–Crippen MR) is 160 cm³/mol. The molecule has 1 aliphatic carbocycles. The van der Waals surface area contributed by atoms with Gasteiger partial charge in [0.2, 0.25) is 0 Å². The van der Waals surface area contributed by atoms with Gasteiger partial charge >= 0.3 is 0 Å². The zero-order valence-electron chi connectivity index (χ0n) is 22.5. The molecule has 6 rings (SSSR count). The molecule has 0 unspecified atom stereocenters. The summed E-state index contributed by atoms with van der Waals surface area (Å²) >= 11 is 4.93. The van der Waals surface area contributed by atoms with E-state index in [9.17, 15) is 4.79 Å². The summed E-state index contributed by atoms with van der Waals surface area (Å²) in [4.78, 5) is 19.9. The van der Waals surface area contributed by atoms with Gasteiger partial charge in [-0.2, -0.15) is 0 Å². The third-order valence-corrected chi connectivity index (χ3v) is 8.99. The number of benzene rings is 3. The number of hydrogen-bond donors (Lipinski definition) is 0. The van der Waals surface area contributed by atoms with E-state index < -0.39 is 0 Å². The average Bonchev–Trinajstić information content (AvgIpc) is 3.29. The first-order valence-corrected chi connectivity index (χ1v) is 14.3. The first-order chi connectivity index (χ1) is 19.5. The van der Waals surface area contributed by atoms with Crippen LogP contribution in [-0.2, 0) is 6.42 Å². The van der Waals surface area contributed by atoms with Crippen molar-refractivity contribution in [3.8, 4) is 23.0 Å². The molecule has 0 spiro atoms. The lowest BCUT2D eigenvalue weighted by atomic mass is 9.83. The molecule has 1 atom stereocenters. The molecule has 0 bridgehead atoms. The van der Waals surface area contributed by atoms with E-state index in [1.807, 2.05) is 41.0 Å². The highest BCUT2D eigenvalue weighted by Gasteiger charge is 2.33. The van der Waals surface area contributed by atoms with E-state index in [0.29, 0.717) is 32.3 Å². The number of hydrogen-bond acceptors (Lipinski definition) is 7. The number of methoxy groups -OCH3 is 4. The van der Waals surface area contributed by atoms with Crippen molar-refractivity contribution in [3.63, 3.8) is 0 Å². The Balaban J connectivity index is 1.61. The second-order valence-electron chi connectivity index (χ2n) is 9.46. The van der Waals surface area contributed by atoms with Crippen LogP contribution in [0, 0.1) is 0 Å². The summed E-state index contributed by atoms with van der Waals surface area (Å²) in [6, 6.07) is 17.6. The van der Waals surface area contributed by atoms with Gasteiger partial charge in [-0.15, -0.1) is 0 Å². The number of nitrogens with zero attached hydrogens (tertiary/aromatic N) is 2. The Morgan fingerprint density at radius 2 is 1.65 bits per heavy atom. The molecular formula is C31H27BrN2O5S. The summed E-state index contributed by atoms with van der Waals surface area (Å²) in [6.45, 7) is 0. The quantitative estimate of drug-likeness (QED) is 0.300. The second kappa shape index (κ2) is 10.6. The minimum atomic E-state index is -0.328. The molecule has 0 saturated heterocycles. The second-order valence-corrected chi connectivity index (χ2v) is 11.3. The molecule has 1 aliphatic heterocycles. The zero-order valence-corrected chi connectivity index (χ0v) is 24.9. The standard InChI is InChI=1S/C31H27BrN2O5S/c1-36-23-12-10-18(14-26(23)39-4)29-21-11-9-17-7-5-6-8-20(17)28(21)33-31-34(29)30(35)27(40-31)15-19-13-22(32)25(38-3)16-24(19)37-2/h5-8,10,12-16,29H,9,11H2,1-4H3/b27-15+/t29-/m1/s1. The molecule has 9 heteroatoms.